The SMILES string of the molecule is CCCN1C(=O)C(=O)/C(=C(\O)c2ccc(OCC(C)C)cc2)C1c1ccco1. The average Bonchev–Trinajstić information content (AvgIpc) is 3.29. The van der Waals surface area contributed by atoms with Gasteiger partial charge in [-0.25, -0.2) is 0 Å². The van der Waals surface area contributed by atoms with E-state index in [4.69, 9.17) is 9.15 Å². The molecule has 148 valence electrons. The van der Waals surface area contributed by atoms with Crippen molar-refractivity contribution in [3.05, 3.63) is 59.6 Å². The molecular formula is C22H25NO5. The molecule has 2 heterocycles. The number of carbonyl (C=O) groups is 2. The molecule has 0 bridgehead atoms. The van der Waals surface area contributed by atoms with E-state index in [1.54, 1.807) is 36.4 Å². The molecule has 3 rings (SSSR count). The molecule has 0 radical (unpaired) electrons. The van der Waals surface area contributed by atoms with Gasteiger partial charge in [0.15, 0.2) is 0 Å². The summed E-state index contributed by atoms with van der Waals surface area (Å²) in [6, 6.07) is 9.50. The van der Waals surface area contributed by atoms with Crippen LogP contribution in [0, 0.1) is 5.92 Å². The Morgan fingerprint density at radius 3 is 2.50 bits per heavy atom. The first kappa shape index (κ1) is 19.7. The normalized spacial score (nSPS) is 18.9. The van der Waals surface area contributed by atoms with Crippen LogP contribution in [0.4, 0.5) is 0 Å². The molecule has 1 saturated heterocycles. The number of likely N-dealkylation sites (tertiary alicyclic amines) is 1. The van der Waals surface area contributed by atoms with E-state index in [1.165, 1.54) is 11.2 Å². The Hall–Kier alpha value is -3.02. The van der Waals surface area contributed by atoms with Crippen molar-refractivity contribution in [3.63, 3.8) is 0 Å². The van der Waals surface area contributed by atoms with Crippen LogP contribution in [-0.2, 0) is 9.59 Å². The predicted octanol–water partition coefficient (Wildman–Crippen LogP) is 4.15. The van der Waals surface area contributed by atoms with Gasteiger partial charge in [-0.2, -0.15) is 0 Å². The maximum atomic E-state index is 12.7. The number of carbonyl (C=O) groups excluding carboxylic acids is 2. The molecule has 1 amide bonds. The highest BCUT2D eigenvalue weighted by Crippen LogP contribution is 2.39. The van der Waals surface area contributed by atoms with Gasteiger partial charge in [-0.05, 0) is 48.7 Å². The number of ketones is 1. The van der Waals surface area contributed by atoms with E-state index in [9.17, 15) is 14.7 Å². The molecule has 1 aliphatic rings. The van der Waals surface area contributed by atoms with Crippen LogP contribution < -0.4 is 4.74 Å². The zero-order valence-corrected chi connectivity index (χ0v) is 16.3. The van der Waals surface area contributed by atoms with Crippen LogP contribution in [0.1, 0.15) is 44.6 Å². The van der Waals surface area contributed by atoms with Crippen LogP contribution in [-0.4, -0.2) is 34.8 Å². The molecule has 1 unspecified atom stereocenters. The molecule has 1 aromatic carbocycles. The molecule has 6 nitrogen and oxygen atoms in total. The number of rotatable bonds is 7. The number of furan rings is 1. The Morgan fingerprint density at radius 2 is 1.93 bits per heavy atom. The Balaban J connectivity index is 1.98. The molecular weight excluding hydrogens is 358 g/mol. The van der Waals surface area contributed by atoms with Crippen molar-refractivity contribution in [1.29, 1.82) is 0 Å². The minimum Gasteiger partial charge on any atom is -0.507 e. The highest BCUT2D eigenvalue weighted by Gasteiger charge is 2.46. The largest absolute Gasteiger partial charge is 0.507 e. The van der Waals surface area contributed by atoms with Gasteiger partial charge in [-0.1, -0.05) is 20.8 Å². The molecule has 1 aliphatic heterocycles. The van der Waals surface area contributed by atoms with E-state index in [2.05, 4.69) is 13.8 Å². The summed E-state index contributed by atoms with van der Waals surface area (Å²) < 4.78 is 11.1. The summed E-state index contributed by atoms with van der Waals surface area (Å²) in [6.07, 6.45) is 2.18. The Kier molecular flexibility index (Phi) is 5.87. The van der Waals surface area contributed by atoms with Gasteiger partial charge in [0.1, 0.15) is 23.3 Å². The first-order chi connectivity index (χ1) is 13.4. The minimum atomic E-state index is -0.730. The van der Waals surface area contributed by atoms with Crippen molar-refractivity contribution in [3.8, 4) is 5.75 Å². The molecule has 1 atom stereocenters. The van der Waals surface area contributed by atoms with E-state index in [1.807, 2.05) is 6.92 Å². The number of benzene rings is 1. The van der Waals surface area contributed by atoms with Gasteiger partial charge in [-0.3, -0.25) is 9.59 Å². The van der Waals surface area contributed by atoms with Crippen molar-refractivity contribution in [2.75, 3.05) is 13.2 Å². The van der Waals surface area contributed by atoms with Gasteiger partial charge >= 0.3 is 0 Å². The summed E-state index contributed by atoms with van der Waals surface area (Å²) in [7, 11) is 0. The van der Waals surface area contributed by atoms with Gasteiger partial charge in [0.05, 0.1) is 18.4 Å². The molecule has 1 fully saturated rings. The lowest BCUT2D eigenvalue weighted by atomic mass is 9.99. The van der Waals surface area contributed by atoms with Crippen molar-refractivity contribution in [1.82, 2.24) is 4.90 Å². The molecule has 0 saturated carbocycles. The highest BCUT2D eigenvalue weighted by atomic mass is 16.5. The van der Waals surface area contributed by atoms with Crippen LogP contribution in [0.25, 0.3) is 5.76 Å². The second kappa shape index (κ2) is 8.33. The van der Waals surface area contributed by atoms with Crippen LogP contribution in [0.3, 0.4) is 0 Å². The lowest BCUT2D eigenvalue weighted by molar-refractivity contribution is -0.140. The highest BCUT2D eigenvalue weighted by molar-refractivity contribution is 6.46. The third kappa shape index (κ3) is 3.81. The molecule has 1 N–H and O–H groups in total. The van der Waals surface area contributed by atoms with Crippen molar-refractivity contribution in [2.24, 2.45) is 5.92 Å². The van der Waals surface area contributed by atoms with Crippen LogP contribution >= 0.6 is 0 Å². The number of amides is 1. The zero-order valence-electron chi connectivity index (χ0n) is 16.3. The molecule has 0 aliphatic carbocycles. The third-order valence-electron chi connectivity index (χ3n) is 4.53. The summed E-state index contributed by atoms with van der Waals surface area (Å²) in [6.45, 7) is 7.03. The number of hydrogen-bond donors (Lipinski definition) is 1. The fourth-order valence-corrected chi connectivity index (χ4v) is 3.22. The van der Waals surface area contributed by atoms with E-state index in [0.29, 0.717) is 42.6 Å². The quantitative estimate of drug-likeness (QED) is 0.441. The summed E-state index contributed by atoms with van der Waals surface area (Å²) in [5.41, 5.74) is 0.493. The van der Waals surface area contributed by atoms with E-state index in [0.717, 1.165) is 0 Å². The Morgan fingerprint density at radius 1 is 1.21 bits per heavy atom. The molecule has 1 aromatic heterocycles. The zero-order chi connectivity index (χ0) is 20.3. The van der Waals surface area contributed by atoms with Crippen LogP contribution in [0.5, 0.6) is 5.75 Å². The summed E-state index contributed by atoms with van der Waals surface area (Å²) in [5, 5.41) is 10.9. The second-order valence-corrected chi connectivity index (χ2v) is 7.24. The monoisotopic (exact) mass is 383 g/mol. The standard InChI is InChI=1S/C22H25NO5/c1-4-11-23-19(17-6-5-12-27-17)18(21(25)22(23)26)20(24)15-7-9-16(10-8-15)28-13-14(2)3/h5-10,12,14,19,24H,4,11,13H2,1-3H3/b20-18-. The number of Topliss-reactive ketones (excluding diaryl/α,β-unsaturated/α-hetero) is 1. The summed E-state index contributed by atoms with van der Waals surface area (Å²) >= 11 is 0. The fourth-order valence-electron chi connectivity index (χ4n) is 3.22. The van der Waals surface area contributed by atoms with Gasteiger partial charge in [-0.15, -0.1) is 0 Å². The number of ether oxygens (including phenoxy) is 1. The first-order valence-corrected chi connectivity index (χ1v) is 9.49. The van der Waals surface area contributed by atoms with Gasteiger partial charge < -0.3 is 19.2 Å². The maximum absolute atomic E-state index is 12.7. The average molecular weight is 383 g/mol. The predicted molar refractivity (Wildman–Crippen MR) is 105 cm³/mol. The van der Waals surface area contributed by atoms with Gasteiger partial charge in [0, 0.05) is 12.1 Å². The first-order valence-electron chi connectivity index (χ1n) is 9.49. The Labute approximate surface area is 164 Å². The van der Waals surface area contributed by atoms with Crippen LogP contribution in [0.15, 0.2) is 52.7 Å². The van der Waals surface area contributed by atoms with Crippen molar-refractivity contribution >= 4 is 17.4 Å². The smallest absolute Gasteiger partial charge is 0.295 e. The number of hydrogen-bond acceptors (Lipinski definition) is 5. The third-order valence-corrected chi connectivity index (χ3v) is 4.53. The molecule has 2 aromatic rings. The second-order valence-electron chi connectivity index (χ2n) is 7.24. The van der Waals surface area contributed by atoms with Crippen molar-refractivity contribution < 1.29 is 23.8 Å². The molecule has 28 heavy (non-hydrogen) atoms. The maximum Gasteiger partial charge on any atom is 0.295 e. The fraction of sp³-hybridized carbons (Fsp3) is 0.364. The topological polar surface area (TPSA) is 80.0 Å². The molecule has 0 spiro atoms. The number of aliphatic hydroxyl groups is 1. The van der Waals surface area contributed by atoms with Crippen molar-refractivity contribution in [2.45, 2.75) is 33.2 Å². The minimum absolute atomic E-state index is 0.0456. The van der Waals surface area contributed by atoms with Crippen LogP contribution in [0.2, 0.25) is 0 Å². The summed E-state index contributed by atoms with van der Waals surface area (Å²) in [4.78, 5) is 26.7. The number of nitrogens with zero attached hydrogens (tertiary/aromatic N) is 1. The lowest BCUT2D eigenvalue weighted by Crippen LogP contribution is -2.30. The van der Waals surface area contributed by atoms with E-state index in [-0.39, 0.29) is 11.3 Å². The molecule has 6 heteroatoms. The Bertz CT molecular complexity index is 865. The number of aliphatic hydroxyl groups excluding tert-OH is 1. The van der Waals surface area contributed by atoms with E-state index >= 15 is 0 Å². The van der Waals surface area contributed by atoms with E-state index < -0.39 is 17.7 Å². The van der Waals surface area contributed by atoms with Gasteiger partial charge in [0.25, 0.3) is 11.7 Å². The summed E-state index contributed by atoms with van der Waals surface area (Å²) in [5.74, 6) is -0.00999. The van der Waals surface area contributed by atoms with Gasteiger partial charge in [0.2, 0.25) is 0 Å². The lowest BCUT2D eigenvalue weighted by Gasteiger charge is -2.22.